The van der Waals surface area contributed by atoms with Gasteiger partial charge in [-0.3, -0.25) is 19.0 Å². The third-order valence-corrected chi connectivity index (χ3v) is 7.33. The highest BCUT2D eigenvalue weighted by molar-refractivity contribution is 5.97. The van der Waals surface area contributed by atoms with Gasteiger partial charge in [-0.15, -0.1) is 0 Å². The van der Waals surface area contributed by atoms with Gasteiger partial charge >= 0.3 is 0 Å². The van der Waals surface area contributed by atoms with Crippen LogP contribution < -0.4 is 11.5 Å². The summed E-state index contributed by atoms with van der Waals surface area (Å²) in [6.07, 6.45) is 6.08. The molecular weight excluding hydrogens is 554 g/mol. The SMILES string of the molecule is Cc1nn(CCC(N)=O)c(C)c1-c1c[nH]c2cc(F)ccc12.Cc1nn(CCC(N)=O)cc1-c1c[nH]c2cc(F)ccc12. The summed E-state index contributed by atoms with van der Waals surface area (Å²) in [4.78, 5) is 27.9. The van der Waals surface area contributed by atoms with Crippen LogP contribution in [0.3, 0.4) is 0 Å². The van der Waals surface area contributed by atoms with Crippen molar-refractivity contribution in [1.82, 2.24) is 29.5 Å². The molecule has 0 fully saturated rings. The van der Waals surface area contributed by atoms with Gasteiger partial charge in [0.15, 0.2) is 0 Å². The lowest BCUT2D eigenvalue weighted by Gasteiger charge is -2.04. The zero-order valence-electron chi connectivity index (χ0n) is 24.0. The summed E-state index contributed by atoms with van der Waals surface area (Å²) in [5.41, 5.74) is 18.4. The normalized spacial score (nSPS) is 11.2. The highest BCUT2D eigenvalue weighted by Crippen LogP contribution is 2.34. The largest absolute Gasteiger partial charge is 0.370 e. The number of hydrogen-bond acceptors (Lipinski definition) is 4. The molecule has 6 rings (SSSR count). The summed E-state index contributed by atoms with van der Waals surface area (Å²) < 4.78 is 30.0. The van der Waals surface area contributed by atoms with Crippen LogP contribution in [-0.4, -0.2) is 41.3 Å². The van der Waals surface area contributed by atoms with Crippen molar-refractivity contribution >= 4 is 33.6 Å². The minimum Gasteiger partial charge on any atom is -0.370 e. The molecule has 10 nitrogen and oxygen atoms in total. The lowest BCUT2D eigenvalue weighted by Crippen LogP contribution is -2.15. The number of aromatic amines is 2. The van der Waals surface area contributed by atoms with Crippen molar-refractivity contribution in [3.63, 3.8) is 0 Å². The Kier molecular flexibility index (Phi) is 8.11. The van der Waals surface area contributed by atoms with Crippen molar-refractivity contribution in [2.75, 3.05) is 0 Å². The van der Waals surface area contributed by atoms with Gasteiger partial charge in [0.05, 0.1) is 11.4 Å². The molecule has 0 atom stereocenters. The van der Waals surface area contributed by atoms with Crippen LogP contribution in [0.1, 0.15) is 29.9 Å². The maximum absolute atomic E-state index is 13.3. The van der Waals surface area contributed by atoms with Crippen LogP contribution in [0.25, 0.3) is 44.1 Å². The highest BCUT2D eigenvalue weighted by Gasteiger charge is 2.17. The number of nitrogens with one attached hydrogen (secondary N) is 2. The van der Waals surface area contributed by atoms with E-state index in [-0.39, 0.29) is 36.3 Å². The molecule has 0 bridgehead atoms. The maximum atomic E-state index is 13.3. The van der Waals surface area contributed by atoms with E-state index in [0.29, 0.717) is 13.1 Å². The summed E-state index contributed by atoms with van der Waals surface area (Å²) in [6.45, 7) is 6.69. The first-order valence-corrected chi connectivity index (χ1v) is 13.7. The van der Waals surface area contributed by atoms with E-state index < -0.39 is 0 Å². The van der Waals surface area contributed by atoms with Gasteiger partial charge < -0.3 is 21.4 Å². The van der Waals surface area contributed by atoms with Crippen LogP contribution in [0.15, 0.2) is 55.0 Å². The van der Waals surface area contributed by atoms with Crippen molar-refractivity contribution in [1.29, 1.82) is 0 Å². The highest BCUT2D eigenvalue weighted by atomic mass is 19.1. The molecule has 0 unspecified atom stereocenters. The number of rotatable bonds is 8. The van der Waals surface area contributed by atoms with Crippen molar-refractivity contribution in [2.45, 2.75) is 46.7 Å². The van der Waals surface area contributed by atoms with E-state index >= 15 is 0 Å². The van der Waals surface area contributed by atoms with Crippen LogP contribution in [0.4, 0.5) is 8.78 Å². The second-order valence-electron chi connectivity index (χ2n) is 10.4. The van der Waals surface area contributed by atoms with Gasteiger partial charge in [0.25, 0.3) is 0 Å². The molecule has 4 heterocycles. The number of fused-ring (bicyclic) bond motifs is 2. The molecule has 0 aliphatic heterocycles. The van der Waals surface area contributed by atoms with Gasteiger partial charge in [-0.25, -0.2) is 8.78 Å². The quantitative estimate of drug-likeness (QED) is 0.198. The smallest absolute Gasteiger partial charge is 0.219 e. The number of hydrogen-bond donors (Lipinski definition) is 4. The standard InChI is InChI=1S/C16H17FN4O.C15H15FN4O/c1-9-16(10(2)21(20-9)6-5-15(18)22)13-8-19-14-7-11(17)3-4-12(13)14;1-9-13(8-20(19-9)5-4-15(17)21)12-7-18-14-6-10(16)2-3-11(12)14/h3-4,7-8,19H,5-6H2,1-2H3,(H2,18,22);2-3,6-8,18H,4-5H2,1H3,(H2,17,21). The molecule has 4 aromatic heterocycles. The Balaban J connectivity index is 0.000000171. The first kappa shape index (κ1) is 29.2. The van der Waals surface area contributed by atoms with Gasteiger partial charge in [0.1, 0.15) is 11.6 Å². The molecule has 6 aromatic rings. The minimum atomic E-state index is -0.354. The Morgan fingerprint density at radius 2 is 1.33 bits per heavy atom. The fourth-order valence-corrected chi connectivity index (χ4v) is 5.27. The van der Waals surface area contributed by atoms with E-state index in [1.165, 1.54) is 24.3 Å². The predicted molar refractivity (Wildman–Crippen MR) is 161 cm³/mol. The van der Waals surface area contributed by atoms with E-state index in [1.807, 2.05) is 39.4 Å². The molecule has 0 radical (unpaired) electrons. The third kappa shape index (κ3) is 6.17. The fraction of sp³-hybridized carbons (Fsp3) is 0.226. The van der Waals surface area contributed by atoms with Gasteiger partial charge in [-0.2, -0.15) is 10.2 Å². The van der Waals surface area contributed by atoms with Crippen LogP contribution in [0, 0.1) is 32.4 Å². The molecule has 2 amide bonds. The van der Waals surface area contributed by atoms with Gasteiger partial charge in [-0.05, 0) is 57.2 Å². The first-order chi connectivity index (χ1) is 20.5. The molecule has 0 aliphatic rings. The van der Waals surface area contributed by atoms with E-state index in [9.17, 15) is 18.4 Å². The number of benzene rings is 2. The molecule has 12 heteroatoms. The predicted octanol–water partition coefficient (Wildman–Crippen LogP) is 5.02. The number of aryl methyl sites for hydroxylation is 4. The number of halogens is 2. The lowest BCUT2D eigenvalue weighted by molar-refractivity contribution is -0.119. The maximum Gasteiger partial charge on any atom is 0.219 e. The number of nitrogens with two attached hydrogens (primary N) is 2. The van der Waals surface area contributed by atoms with Gasteiger partial charge in [-0.1, -0.05) is 0 Å². The molecule has 0 saturated carbocycles. The number of carbonyl (C=O) groups excluding carboxylic acids is 2. The number of nitrogens with zero attached hydrogens (tertiary/aromatic N) is 4. The number of primary amides is 2. The van der Waals surface area contributed by atoms with E-state index in [2.05, 4.69) is 20.2 Å². The molecule has 2 aromatic carbocycles. The monoisotopic (exact) mass is 586 g/mol. The van der Waals surface area contributed by atoms with Crippen molar-refractivity contribution in [3.05, 3.63) is 83.7 Å². The van der Waals surface area contributed by atoms with Gasteiger partial charge in [0.2, 0.25) is 11.8 Å². The molecule has 0 aliphatic carbocycles. The summed E-state index contributed by atoms with van der Waals surface area (Å²) in [7, 11) is 0. The molecular formula is C31H32F2N8O2. The summed E-state index contributed by atoms with van der Waals surface area (Å²) in [5, 5.41) is 10.8. The molecule has 222 valence electrons. The van der Waals surface area contributed by atoms with Crippen LogP contribution >= 0.6 is 0 Å². The van der Waals surface area contributed by atoms with Crippen LogP contribution in [0.2, 0.25) is 0 Å². The molecule has 0 saturated heterocycles. The topological polar surface area (TPSA) is 153 Å². The Morgan fingerprint density at radius 1 is 0.767 bits per heavy atom. The number of H-pyrrole nitrogens is 2. The van der Waals surface area contributed by atoms with Crippen LogP contribution in [-0.2, 0) is 22.7 Å². The van der Waals surface area contributed by atoms with Crippen LogP contribution in [0.5, 0.6) is 0 Å². The Morgan fingerprint density at radius 3 is 1.93 bits per heavy atom. The third-order valence-electron chi connectivity index (χ3n) is 7.33. The zero-order chi connectivity index (χ0) is 30.8. The lowest BCUT2D eigenvalue weighted by atomic mass is 10.0. The number of amides is 2. The Hall–Kier alpha value is -5.26. The zero-order valence-corrected chi connectivity index (χ0v) is 24.0. The summed E-state index contributed by atoms with van der Waals surface area (Å²) >= 11 is 0. The average Bonchev–Trinajstić information content (AvgIpc) is 3.71. The summed E-state index contributed by atoms with van der Waals surface area (Å²) in [6, 6.07) is 9.33. The molecule has 0 spiro atoms. The second-order valence-corrected chi connectivity index (χ2v) is 10.4. The van der Waals surface area contributed by atoms with E-state index in [1.54, 1.807) is 21.5 Å². The van der Waals surface area contributed by atoms with Crippen molar-refractivity contribution < 1.29 is 18.4 Å². The van der Waals surface area contributed by atoms with Gasteiger partial charge in [0, 0.05) is 94.3 Å². The molecule has 43 heavy (non-hydrogen) atoms. The molecule has 6 N–H and O–H groups in total. The van der Waals surface area contributed by atoms with Crippen molar-refractivity contribution in [3.8, 4) is 22.3 Å². The van der Waals surface area contributed by atoms with Crippen molar-refractivity contribution in [2.24, 2.45) is 11.5 Å². The number of carbonyl (C=O) groups is 2. The van der Waals surface area contributed by atoms with E-state index in [0.717, 1.165) is 61.1 Å². The summed E-state index contributed by atoms with van der Waals surface area (Å²) in [5.74, 6) is -1.25. The Bertz CT molecular complexity index is 1960. The Labute approximate surface area is 245 Å². The fourth-order valence-electron chi connectivity index (χ4n) is 5.27. The van der Waals surface area contributed by atoms with E-state index in [4.69, 9.17) is 11.5 Å². The minimum absolute atomic E-state index is 0.250. The first-order valence-electron chi connectivity index (χ1n) is 13.7. The average molecular weight is 587 g/mol. The second kappa shape index (κ2) is 11.9. The number of aromatic nitrogens is 6.